The molecule has 3 nitrogen and oxygen atoms in total. The van der Waals surface area contributed by atoms with Crippen molar-refractivity contribution in [3.05, 3.63) is 29.3 Å². The Labute approximate surface area is 91.0 Å². The highest BCUT2D eigenvalue weighted by atomic mass is 32.1. The molecule has 1 aromatic heterocycles. The van der Waals surface area contributed by atoms with Crippen LogP contribution in [0.15, 0.2) is 24.3 Å². The molecule has 0 aliphatic carbocycles. The van der Waals surface area contributed by atoms with Gasteiger partial charge in [0.2, 0.25) is 5.78 Å². The lowest BCUT2D eigenvalue weighted by atomic mass is 10.1. The van der Waals surface area contributed by atoms with Gasteiger partial charge in [0.1, 0.15) is 5.92 Å². The molecule has 1 atom stereocenters. The Morgan fingerprint density at radius 3 is 2.93 bits per heavy atom. The number of nitriles is 1. The normalized spacial score (nSPS) is 12.3. The quantitative estimate of drug-likeness (QED) is 0.725. The van der Waals surface area contributed by atoms with Crippen molar-refractivity contribution in [2.75, 3.05) is 0 Å². The molecule has 0 radical (unpaired) electrons. The van der Waals surface area contributed by atoms with Gasteiger partial charge in [0.05, 0.1) is 16.3 Å². The summed E-state index contributed by atoms with van der Waals surface area (Å²) in [4.78, 5) is 15.9. The number of hydrogen-bond donors (Lipinski definition) is 0. The fraction of sp³-hybridized carbons (Fsp3) is 0.182. The molecule has 0 aliphatic rings. The number of benzene rings is 1. The van der Waals surface area contributed by atoms with Gasteiger partial charge in [0, 0.05) is 0 Å². The summed E-state index contributed by atoms with van der Waals surface area (Å²) in [6, 6.07) is 9.49. The van der Waals surface area contributed by atoms with Crippen LogP contribution in [0.3, 0.4) is 0 Å². The third-order valence-electron chi connectivity index (χ3n) is 2.09. The third-order valence-corrected chi connectivity index (χ3v) is 3.14. The Bertz CT molecular complexity index is 520. The molecule has 74 valence electrons. The first-order chi connectivity index (χ1) is 7.22. The number of fused-ring (bicyclic) bond motifs is 1. The van der Waals surface area contributed by atoms with Gasteiger partial charge in [-0.15, -0.1) is 11.3 Å². The van der Waals surface area contributed by atoms with Crippen LogP contribution in [0.4, 0.5) is 0 Å². The first-order valence-electron chi connectivity index (χ1n) is 4.52. The molecule has 0 saturated carbocycles. The predicted octanol–water partition coefficient (Wildman–Crippen LogP) is 2.64. The molecule has 2 aromatic rings. The summed E-state index contributed by atoms with van der Waals surface area (Å²) in [5.41, 5.74) is 0.816. The average Bonchev–Trinajstić information content (AvgIpc) is 2.70. The molecule has 0 bridgehead atoms. The van der Waals surface area contributed by atoms with E-state index in [0.29, 0.717) is 5.01 Å². The number of Topliss-reactive ketones (excluding diaryl/α,β-unsaturated/α-hetero) is 1. The third kappa shape index (κ3) is 1.74. The smallest absolute Gasteiger partial charge is 0.208 e. The summed E-state index contributed by atoms with van der Waals surface area (Å²) in [7, 11) is 0. The zero-order valence-corrected chi connectivity index (χ0v) is 8.91. The van der Waals surface area contributed by atoms with Crippen molar-refractivity contribution in [3.63, 3.8) is 0 Å². The molecule has 15 heavy (non-hydrogen) atoms. The molecule has 0 amide bonds. The minimum Gasteiger partial charge on any atom is -0.290 e. The van der Waals surface area contributed by atoms with Gasteiger partial charge < -0.3 is 0 Å². The maximum Gasteiger partial charge on any atom is 0.208 e. The number of thiazole rings is 1. The average molecular weight is 216 g/mol. The van der Waals surface area contributed by atoms with Gasteiger partial charge in [-0.2, -0.15) is 5.26 Å². The van der Waals surface area contributed by atoms with E-state index in [1.807, 2.05) is 30.3 Å². The summed E-state index contributed by atoms with van der Waals surface area (Å²) in [6.07, 6.45) is 0. The molecule has 1 aromatic carbocycles. The second-order valence-electron chi connectivity index (χ2n) is 3.20. The van der Waals surface area contributed by atoms with Gasteiger partial charge in [-0.05, 0) is 19.1 Å². The highest BCUT2D eigenvalue weighted by Crippen LogP contribution is 2.23. The number of rotatable bonds is 2. The molecule has 0 unspecified atom stereocenters. The Morgan fingerprint density at radius 2 is 2.27 bits per heavy atom. The maximum absolute atomic E-state index is 11.7. The van der Waals surface area contributed by atoms with Crippen LogP contribution in [0.25, 0.3) is 10.2 Å². The zero-order chi connectivity index (χ0) is 10.8. The Hall–Kier alpha value is -1.73. The molecule has 0 fully saturated rings. The number of hydrogen-bond acceptors (Lipinski definition) is 4. The topological polar surface area (TPSA) is 53.8 Å². The summed E-state index contributed by atoms with van der Waals surface area (Å²) < 4.78 is 0.978. The first-order valence-corrected chi connectivity index (χ1v) is 5.33. The van der Waals surface area contributed by atoms with Crippen LogP contribution in [0, 0.1) is 17.2 Å². The summed E-state index contributed by atoms with van der Waals surface area (Å²) in [5.74, 6) is -0.815. The molecular weight excluding hydrogens is 208 g/mol. The van der Waals surface area contributed by atoms with Gasteiger partial charge in [0.15, 0.2) is 5.01 Å². The van der Waals surface area contributed by atoms with Crippen molar-refractivity contribution in [1.82, 2.24) is 4.98 Å². The standard InChI is InChI=1S/C11H8N2OS/c1-7(6-12)10(14)11-13-8-4-2-3-5-9(8)15-11/h2-5,7H,1H3/t7-/m1/s1. The number of carbonyl (C=O) groups excluding carboxylic acids is 1. The molecule has 0 aliphatic heterocycles. The van der Waals surface area contributed by atoms with E-state index in [1.165, 1.54) is 11.3 Å². The van der Waals surface area contributed by atoms with E-state index in [1.54, 1.807) is 6.92 Å². The van der Waals surface area contributed by atoms with E-state index in [-0.39, 0.29) is 5.78 Å². The lowest BCUT2D eigenvalue weighted by Gasteiger charge is -1.94. The highest BCUT2D eigenvalue weighted by Gasteiger charge is 2.18. The van der Waals surface area contributed by atoms with E-state index < -0.39 is 5.92 Å². The fourth-order valence-electron chi connectivity index (χ4n) is 1.22. The lowest BCUT2D eigenvalue weighted by molar-refractivity contribution is 0.0956. The monoisotopic (exact) mass is 216 g/mol. The van der Waals surface area contributed by atoms with Crippen LogP contribution >= 0.6 is 11.3 Å². The van der Waals surface area contributed by atoms with Crippen molar-refractivity contribution >= 4 is 27.3 Å². The van der Waals surface area contributed by atoms with Crippen LogP contribution in [-0.4, -0.2) is 10.8 Å². The second kappa shape index (κ2) is 3.79. The van der Waals surface area contributed by atoms with E-state index in [4.69, 9.17) is 5.26 Å². The van der Waals surface area contributed by atoms with Crippen LogP contribution in [-0.2, 0) is 0 Å². The van der Waals surface area contributed by atoms with E-state index in [2.05, 4.69) is 4.98 Å². The number of carbonyl (C=O) groups is 1. The lowest BCUT2D eigenvalue weighted by Crippen LogP contribution is -2.08. The Kier molecular flexibility index (Phi) is 2.48. The minimum atomic E-state index is -0.620. The zero-order valence-electron chi connectivity index (χ0n) is 8.10. The van der Waals surface area contributed by atoms with Crippen LogP contribution in [0.2, 0.25) is 0 Å². The maximum atomic E-state index is 11.7. The van der Waals surface area contributed by atoms with Gasteiger partial charge in [0.25, 0.3) is 0 Å². The number of nitrogens with zero attached hydrogens (tertiary/aromatic N) is 2. The Balaban J connectivity index is 2.46. The summed E-state index contributed by atoms with van der Waals surface area (Å²) in [6.45, 7) is 1.59. The molecular formula is C11H8N2OS. The van der Waals surface area contributed by atoms with Crippen LogP contribution in [0.1, 0.15) is 16.7 Å². The van der Waals surface area contributed by atoms with Crippen molar-refractivity contribution < 1.29 is 4.79 Å². The largest absolute Gasteiger partial charge is 0.290 e. The molecule has 0 N–H and O–H groups in total. The summed E-state index contributed by atoms with van der Waals surface area (Å²) >= 11 is 1.34. The van der Waals surface area contributed by atoms with E-state index in [0.717, 1.165) is 10.2 Å². The van der Waals surface area contributed by atoms with E-state index in [9.17, 15) is 4.79 Å². The predicted molar refractivity (Wildman–Crippen MR) is 58.7 cm³/mol. The van der Waals surface area contributed by atoms with Gasteiger partial charge >= 0.3 is 0 Å². The first kappa shape index (κ1) is 9.81. The molecule has 1 heterocycles. The van der Waals surface area contributed by atoms with Crippen molar-refractivity contribution in [1.29, 1.82) is 5.26 Å². The number of ketones is 1. The van der Waals surface area contributed by atoms with Gasteiger partial charge in [-0.1, -0.05) is 12.1 Å². The number of aromatic nitrogens is 1. The second-order valence-corrected chi connectivity index (χ2v) is 4.23. The molecule has 2 rings (SSSR count). The van der Waals surface area contributed by atoms with Gasteiger partial charge in [-0.25, -0.2) is 4.98 Å². The van der Waals surface area contributed by atoms with Crippen molar-refractivity contribution in [2.45, 2.75) is 6.92 Å². The molecule has 4 heteroatoms. The fourth-order valence-corrected chi connectivity index (χ4v) is 2.22. The Morgan fingerprint density at radius 1 is 1.53 bits per heavy atom. The molecule has 0 spiro atoms. The summed E-state index contributed by atoms with van der Waals surface area (Å²) in [5, 5.41) is 9.07. The van der Waals surface area contributed by atoms with Crippen molar-refractivity contribution in [3.8, 4) is 6.07 Å². The van der Waals surface area contributed by atoms with Gasteiger partial charge in [-0.3, -0.25) is 4.79 Å². The van der Waals surface area contributed by atoms with E-state index >= 15 is 0 Å². The van der Waals surface area contributed by atoms with Crippen LogP contribution < -0.4 is 0 Å². The minimum absolute atomic E-state index is 0.196. The SMILES string of the molecule is C[C@H](C#N)C(=O)c1nc2ccccc2s1. The van der Waals surface area contributed by atoms with Crippen molar-refractivity contribution in [2.24, 2.45) is 5.92 Å². The van der Waals surface area contributed by atoms with Crippen LogP contribution in [0.5, 0.6) is 0 Å². The highest BCUT2D eigenvalue weighted by molar-refractivity contribution is 7.20. The number of para-hydroxylation sites is 1. The molecule has 0 saturated heterocycles.